The number of tetrazole rings is 1. The summed E-state index contributed by atoms with van der Waals surface area (Å²) in [5.41, 5.74) is 0.707. The second-order valence-electron chi connectivity index (χ2n) is 4.19. The molecular formula is C13H11N5O2S. The Morgan fingerprint density at radius 1 is 0.905 bits per heavy atom. The molecule has 21 heavy (non-hydrogen) atoms. The Morgan fingerprint density at radius 2 is 1.52 bits per heavy atom. The van der Waals surface area contributed by atoms with Crippen molar-refractivity contribution in [1.82, 2.24) is 20.3 Å². The Balaban J connectivity index is 1.96. The van der Waals surface area contributed by atoms with E-state index in [4.69, 9.17) is 0 Å². The summed E-state index contributed by atoms with van der Waals surface area (Å²) < 4.78 is 24.5. The van der Waals surface area contributed by atoms with Gasteiger partial charge in [0.05, 0.1) is 4.90 Å². The second-order valence-corrected chi connectivity index (χ2v) is 5.85. The van der Waals surface area contributed by atoms with Crippen LogP contribution in [0.1, 0.15) is 0 Å². The molecule has 2 aromatic carbocycles. The minimum atomic E-state index is -3.74. The smallest absolute Gasteiger partial charge is 0.200 e. The molecule has 0 unspecified atom stereocenters. The summed E-state index contributed by atoms with van der Waals surface area (Å²) in [6.45, 7) is 0. The van der Waals surface area contributed by atoms with E-state index in [1.165, 1.54) is 12.1 Å². The fourth-order valence-electron chi connectivity index (χ4n) is 1.78. The van der Waals surface area contributed by atoms with E-state index in [9.17, 15) is 8.42 Å². The van der Waals surface area contributed by atoms with Gasteiger partial charge in [-0.3, -0.25) is 0 Å². The molecule has 1 N–H and O–H groups in total. The van der Waals surface area contributed by atoms with Crippen LogP contribution in [0.2, 0.25) is 0 Å². The molecule has 0 spiro atoms. The molecule has 0 saturated carbocycles. The van der Waals surface area contributed by atoms with Gasteiger partial charge in [-0.25, -0.2) is 0 Å². The first-order valence-electron chi connectivity index (χ1n) is 6.08. The molecule has 0 amide bonds. The van der Waals surface area contributed by atoms with Gasteiger partial charge in [-0.2, -0.15) is 13.2 Å². The highest BCUT2D eigenvalue weighted by atomic mass is 32.2. The van der Waals surface area contributed by atoms with Gasteiger partial charge < -0.3 is 0 Å². The second kappa shape index (κ2) is 5.33. The van der Waals surface area contributed by atoms with Crippen molar-refractivity contribution in [3.8, 4) is 11.4 Å². The van der Waals surface area contributed by atoms with Gasteiger partial charge in [0.15, 0.2) is 0 Å². The van der Waals surface area contributed by atoms with Crippen molar-refractivity contribution in [3.05, 3.63) is 60.7 Å². The summed E-state index contributed by atoms with van der Waals surface area (Å²) in [7, 11) is -3.74. The summed E-state index contributed by atoms with van der Waals surface area (Å²) in [5.74, 6) is 0.315. The number of rotatable bonds is 4. The molecule has 0 aliphatic heterocycles. The number of benzene rings is 2. The Morgan fingerprint density at radius 3 is 2.19 bits per heavy atom. The Kier molecular flexibility index (Phi) is 3.36. The molecule has 0 atom stereocenters. The van der Waals surface area contributed by atoms with Crippen LogP contribution in [0.4, 0.5) is 0 Å². The average Bonchev–Trinajstić information content (AvgIpc) is 2.96. The van der Waals surface area contributed by atoms with Crippen LogP contribution in [0.5, 0.6) is 0 Å². The molecular weight excluding hydrogens is 290 g/mol. The van der Waals surface area contributed by atoms with Gasteiger partial charge in [0.2, 0.25) is 5.82 Å². The molecule has 0 bridgehead atoms. The molecule has 1 aromatic heterocycles. The van der Waals surface area contributed by atoms with Crippen LogP contribution in [0.3, 0.4) is 0 Å². The maximum atomic E-state index is 12.3. The van der Waals surface area contributed by atoms with E-state index in [2.05, 4.69) is 20.4 Å². The number of hydrogen-bond acceptors (Lipinski definition) is 5. The number of nitrogens with zero attached hydrogens (tertiary/aromatic N) is 4. The third-order valence-electron chi connectivity index (χ3n) is 2.76. The van der Waals surface area contributed by atoms with Gasteiger partial charge in [-0.1, -0.05) is 48.5 Å². The van der Waals surface area contributed by atoms with E-state index in [0.29, 0.717) is 11.4 Å². The zero-order valence-corrected chi connectivity index (χ0v) is 11.6. The minimum Gasteiger partial charge on any atom is -0.200 e. The topological polar surface area (TPSA) is 89.8 Å². The quantitative estimate of drug-likeness (QED) is 0.784. The fourth-order valence-corrected chi connectivity index (χ4v) is 2.75. The summed E-state index contributed by atoms with van der Waals surface area (Å²) in [6.07, 6.45) is 0. The highest BCUT2D eigenvalue weighted by molar-refractivity contribution is 7.92. The predicted molar refractivity (Wildman–Crippen MR) is 76.2 cm³/mol. The summed E-state index contributed by atoms with van der Waals surface area (Å²) in [6, 6.07) is 17.1. The molecule has 3 aromatic rings. The van der Waals surface area contributed by atoms with Gasteiger partial charge in [0.25, 0.3) is 10.0 Å². The maximum Gasteiger partial charge on any atom is 0.276 e. The lowest BCUT2D eigenvalue weighted by Crippen LogP contribution is -2.25. The van der Waals surface area contributed by atoms with Gasteiger partial charge >= 0.3 is 0 Å². The number of nitrogens with one attached hydrogen (secondary N) is 1. The van der Waals surface area contributed by atoms with Crippen molar-refractivity contribution >= 4 is 10.0 Å². The van der Waals surface area contributed by atoms with E-state index in [1.54, 1.807) is 30.3 Å². The fraction of sp³-hybridized carbons (Fsp3) is 0. The molecule has 0 aliphatic rings. The molecule has 106 valence electrons. The highest BCUT2D eigenvalue weighted by Gasteiger charge is 2.17. The number of hydrogen-bond donors (Lipinski definition) is 1. The van der Waals surface area contributed by atoms with Crippen LogP contribution < -0.4 is 4.83 Å². The molecule has 8 heteroatoms. The number of aromatic nitrogens is 4. The first-order chi connectivity index (χ1) is 10.2. The molecule has 0 radical (unpaired) electrons. The van der Waals surface area contributed by atoms with E-state index in [1.807, 2.05) is 18.2 Å². The van der Waals surface area contributed by atoms with Crippen LogP contribution in [0.25, 0.3) is 11.4 Å². The largest absolute Gasteiger partial charge is 0.276 e. The van der Waals surface area contributed by atoms with Crippen LogP contribution in [-0.2, 0) is 10.0 Å². The average molecular weight is 301 g/mol. The Bertz CT molecular complexity index is 831. The SMILES string of the molecule is O=S(=O)(Nn1nnnc1-c1ccccc1)c1ccccc1. The zero-order valence-electron chi connectivity index (χ0n) is 10.8. The first-order valence-corrected chi connectivity index (χ1v) is 7.57. The third-order valence-corrected chi connectivity index (χ3v) is 4.07. The molecule has 3 rings (SSSR count). The van der Waals surface area contributed by atoms with E-state index in [0.717, 1.165) is 4.79 Å². The molecule has 1 heterocycles. The standard InChI is InChI=1S/C13H11N5O2S/c19-21(20,12-9-5-2-6-10-12)17-18-13(14-15-16-18)11-7-3-1-4-8-11/h1-10,17H. The van der Waals surface area contributed by atoms with Crippen molar-refractivity contribution < 1.29 is 8.42 Å². The molecule has 0 aliphatic carbocycles. The summed E-state index contributed by atoms with van der Waals surface area (Å²) in [5, 5.41) is 11.0. The molecule has 7 nitrogen and oxygen atoms in total. The van der Waals surface area contributed by atoms with Gasteiger partial charge in [-0.15, -0.1) is 9.89 Å². The summed E-state index contributed by atoms with van der Waals surface area (Å²) >= 11 is 0. The lowest BCUT2D eigenvalue weighted by Gasteiger charge is -2.08. The van der Waals surface area contributed by atoms with Crippen LogP contribution >= 0.6 is 0 Å². The predicted octanol–water partition coefficient (Wildman–Crippen LogP) is 1.27. The van der Waals surface area contributed by atoms with Crippen LogP contribution in [-0.4, -0.2) is 28.7 Å². The highest BCUT2D eigenvalue weighted by Crippen LogP contribution is 2.15. The van der Waals surface area contributed by atoms with Crippen molar-refractivity contribution in [2.45, 2.75) is 4.90 Å². The van der Waals surface area contributed by atoms with Crippen molar-refractivity contribution in [1.29, 1.82) is 0 Å². The third kappa shape index (κ3) is 2.75. The molecule has 0 fully saturated rings. The van der Waals surface area contributed by atoms with E-state index < -0.39 is 10.0 Å². The van der Waals surface area contributed by atoms with Crippen LogP contribution in [0.15, 0.2) is 65.6 Å². The molecule has 0 saturated heterocycles. The minimum absolute atomic E-state index is 0.138. The van der Waals surface area contributed by atoms with Crippen molar-refractivity contribution in [3.63, 3.8) is 0 Å². The zero-order chi connectivity index (χ0) is 14.7. The summed E-state index contributed by atoms with van der Waals surface area (Å²) in [4.78, 5) is 3.51. The monoisotopic (exact) mass is 301 g/mol. The van der Waals surface area contributed by atoms with E-state index in [-0.39, 0.29) is 4.90 Å². The maximum absolute atomic E-state index is 12.3. The van der Waals surface area contributed by atoms with Gasteiger partial charge in [0.1, 0.15) is 0 Å². The van der Waals surface area contributed by atoms with E-state index >= 15 is 0 Å². The lowest BCUT2D eigenvalue weighted by molar-refractivity contribution is 0.590. The van der Waals surface area contributed by atoms with Gasteiger partial charge in [-0.05, 0) is 22.6 Å². The lowest BCUT2D eigenvalue weighted by atomic mass is 10.2. The Hall–Kier alpha value is -2.74. The Labute approximate surface area is 121 Å². The normalized spacial score (nSPS) is 11.2. The number of sulfonamides is 1. The van der Waals surface area contributed by atoms with Gasteiger partial charge in [0, 0.05) is 5.56 Å². The van der Waals surface area contributed by atoms with Crippen molar-refractivity contribution in [2.24, 2.45) is 0 Å². The van der Waals surface area contributed by atoms with Crippen LogP contribution in [0, 0.1) is 0 Å². The van der Waals surface area contributed by atoms with Crippen molar-refractivity contribution in [2.75, 3.05) is 4.83 Å². The first kappa shape index (κ1) is 13.3.